The van der Waals surface area contributed by atoms with Crippen LogP contribution in [0.15, 0.2) is 243 Å². The summed E-state index contributed by atoms with van der Waals surface area (Å²) in [7, 11) is 0. The smallest absolute Gasteiger partial charge is 0.0547 e. The van der Waals surface area contributed by atoms with Gasteiger partial charge in [-0.15, -0.1) is 0 Å². The summed E-state index contributed by atoms with van der Waals surface area (Å²) in [6, 6.07) is 88.6. The minimum Gasteiger partial charge on any atom is -0.310 e. The number of rotatable bonds is 7. The largest absolute Gasteiger partial charge is 0.310 e. The summed E-state index contributed by atoms with van der Waals surface area (Å²) in [6.07, 6.45) is 0. The van der Waals surface area contributed by atoms with Crippen LogP contribution in [0.1, 0.15) is 0 Å². The minimum atomic E-state index is 1.09. The molecule has 0 amide bonds. The van der Waals surface area contributed by atoms with Crippen molar-refractivity contribution in [3.63, 3.8) is 0 Å². The number of nitrogens with zero attached hydrogens (tertiary/aromatic N) is 2. The second kappa shape index (κ2) is 14.8. The first kappa shape index (κ1) is 35.7. The molecule has 1 heterocycles. The minimum absolute atomic E-state index is 1.09. The van der Waals surface area contributed by atoms with Crippen molar-refractivity contribution in [3.8, 4) is 39.1 Å². The van der Waals surface area contributed by atoms with Crippen LogP contribution in [0.5, 0.6) is 0 Å². The van der Waals surface area contributed by atoms with E-state index >= 15 is 0 Å². The van der Waals surface area contributed by atoms with E-state index in [1.807, 2.05) is 0 Å². The predicted molar refractivity (Wildman–Crippen MR) is 264 cm³/mol. The van der Waals surface area contributed by atoms with E-state index in [1.54, 1.807) is 0 Å². The molecule has 11 aromatic carbocycles. The van der Waals surface area contributed by atoms with Crippen LogP contribution in [-0.2, 0) is 0 Å². The molecule has 0 aliphatic carbocycles. The third-order valence-corrected chi connectivity index (χ3v) is 12.5. The van der Waals surface area contributed by atoms with E-state index in [0.29, 0.717) is 0 Å². The second-order valence-corrected chi connectivity index (χ2v) is 16.2. The lowest BCUT2D eigenvalue weighted by Crippen LogP contribution is -2.10. The standard InChI is InChI=1S/C60H40N2/c1-3-13-41(14-4-1)47-31-35-57-59(40-47)62(50-19-5-2-6-20-50)58-24-12-23-56(60(57)58)48-18-11-21-52(38-48)61(53-34-36-55-49(39-53)28-26-44-16-9-10-22-54(44)55)51-32-29-43(30-33-51)46-27-25-42-15-7-8-17-45(42)37-46/h1-40H. The van der Waals surface area contributed by atoms with Crippen LogP contribution in [0.2, 0.25) is 0 Å². The SMILES string of the molecule is c1ccc(-c2ccc3c4c(-c5cccc(N(c6ccc(-c7ccc8ccccc8c7)cc6)c6ccc7c(ccc8ccccc87)c6)c5)cccc4n(-c4ccccc4)c3c2)cc1. The van der Waals surface area contributed by atoms with Crippen LogP contribution in [0.3, 0.4) is 0 Å². The molecule has 290 valence electrons. The summed E-state index contributed by atoms with van der Waals surface area (Å²) in [5, 5.41) is 9.95. The molecule has 0 saturated heterocycles. The van der Waals surface area contributed by atoms with Crippen molar-refractivity contribution in [2.45, 2.75) is 0 Å². The fraction of sp³-hybridized carbons (Fsp3) is 0. The zero-order chi connectivity index (χ0) is 41.0. The van der Waals surface area contributed by atoms with Gasteiger partial charge in [0.2, 0.25) is 0 Å². The van der Waals surface area contributed by atoms with E-state index in [1.165, 1.54) is 81.9 Å². The number of fused-ring (bicyclic) bond motifs is 7. The molecule has 0 bridgehead atoms. The van der Waals surface area contributed by atoms with Gasteiger partial charge in [-0.2, -0.15) is 0 Å². The summed E-state index contributed by atoms with van der Waals surface area (Å²) in [5.41, 5.74) is 14.0. The lowest BCUT2D eigenvalue weighted by molar-refractivity contribution is 1.18. The van der Waals surface area contributed by atoms with Gasteiger partial charge in [0.25, 0.3) is 0 Å². The highest BCUT2D eigenvalue weighted by molar-refractivity contribution is 6.16. The van der Waals surface area contributed by atoms with Crippen LogP contribution >= 0.6 is 0 Å². The Morgan fingerprint density at radius 2 is 0.855 bits per heavy atom. The second-order valence-electron chi connectivity index (χ2n) is 16.2. The van der Waals surface area contributed by atoms with Crippen LogP contribution in [0.4, 0.5) is 17.1 Å². The summed E-state index contributed by atoms with van der Waals surface area (Å²) in [6.45, 7) is 0. The fourth-order valence-electron chi connectivity index (χ4n) is 9.54. The Kier molecular flexibility index (Phi) is 8.53. The lowest BCUT2D eigenvalue weighted by atomic mass is 9.97. The lowest BCUT2D eigenvalue weighted by Gasteiger charge is -2.27. The number of anilines is 3. The van der Waals surface area contributed by atoms with Crippen LogP contribution in [0.25, 0.3) is 93.2 Å². The molecule has 0 radical (unpaired) electrons. The Labute approximate surface area is 360 Å². The Bertz CT molecular complexity index is 3620. The highest BCUT2D eigenvalue weighted by Gasteiger charge is 2.20. The van der Waals surface area contributed by atoms with Gasteiger partial charge in [0, 0.05) is 33.5 Å². The van der Waals surface area contributed by atoms with Gasteiger partial charge in [-0.25, -0.2) is 0 Å². The van der Waals surface area contributed by atoms with E-state index in [2.05, 4.69) is 252 Å². The molecule has 12 aromatic rings. The first-order valence-electron chi connectivity index (χ1n) is 21.3. The first-order chi connectivity index (χ1) is 30.7. The molecule has 2 heteroatoms. The Morgan fingerprint density at radius 3 is 1.71 bits per heavy atom. The van der Waals surface area contributed by atoms with E-state index in [4.69, 9.17) is 0 Å². The third-order valence-electron chi connectivity index (χ3n) is 12.5. The highest BCUT2D eigenvalue weighted by atomic mass is 15.1. The van der Waals surface area contributed by atoms with E-state index in [0.717, 1.165) is 28.3 Å². The van der Waals surface area contributed by atoms with E-state index < -0.39 is 0 Å². The molecule has 2 nitrogen and oxygen atoms in total. The summed E-state index contributed by atoms with van der Waals surface area (Å²) in [5.74, 6) is 0. The van der Waals surface area contributed by atoms with Gasteiger partial charge in [0.05, 0.1) is 11.0 Å². The van der Waals surface area contributed by atoms with Crippen molar-refractivity contribution in [2.75, 3.05) is 4.90 Å². The maximum Gasteiger partial charge on any atom is 0.0547 e. The average molecular weight is 789 g/mol. The summed E-state index contributed by atoms with van der Waals surface area (Å²) < 4.78 is 2.42. The highest BCUT2D eigenvalue weighted by Crippen LogP contribution is 2.43. The molecule has 0 unspecified atom stereocenters. The number of para-hydroxylation sites is 1. The molecule has 0 N–H and O–H groups in total. The Balaban J connectivity index is 1.03. The van der Waals surface area contributed by atoms with Gasteiger partial charge in [0.1, 0.15) is 0 Å². The molecule has 0 saturated carbocycles. The molecule has 0 fully saturated rings. The van der Waals surface area contributed by atoms with Crippen molar-refractivity contribution in [1.29, 1.82) is 0 Å². The van der Waals surface area contributed by atoms with Crippen molar-refractivity contribution in [1.82, 2.24) is 4.57 Å². The topological polar surface area (TPSA) is 8.17 Å². The van der Waals surface area contributed by atoms with Gasteiger partial charge >= 0.3 is 0 Å². The fourth-order valence-corrected chi connectivity index (χ4v) is 9.54. The molecule has 1 aromatic heterocycles. The normalized spacial score (nSPS) is 11.5. The van der Waals surface area contributed by atoms with Gasteiger partial charge in [0.15, 0.2) is 0 Å². The molecule has 12 rings (SSSR count). The molecule has 0 aliphatic heterocycles. The van der Waals surface area contributed by atoms with E-state index in [9.17, 15) is 0 Å². The summed E-state index contributed by atoms with van der Waals surface area (Å²) >= 11 is 0. The van der Waals surface area contributed by atoms with Gasteiger partial charge < -0.3 is 9.47 Å². The molecular weight excluding hydrogens is 749 g/mol. The van der Waals surface area contributed by atoms with Crippen LogP contribution in [-0.4, -0.2) is 4.57 Å². The molecule has 0 atom stereocenters. The maximum atomic E-state index is 2.42. The van der Waals surface area contributed by atoms with Gasteiger partial charge in [-0.05, 0) is 132 Å². The quantitative estimate of drug-likeness (QED) is 0.146. The van der Waals surface area contributed by atoms with Crippen molar-refractivity contribution in [3.05, 3.63) is 243 Å². The zero-order valence-corrected chi connectivity index (χ0v) is 34.0. The molecule has 0 aliphatic rings. The molecular formula is C60H40N2. The van der Waals surface area contributed by atoms with Crippen molar-refractivity contribution >= 4 is 71.2 Å². The average Bonchev–Trinajstić information content (AvgIpc) is 3.68. The monoisotopic (exact) mass is 788 g/mol. The Hall–Kier alpha value is -8.20. The zero-order valence-electron chi connectivity index (χ0n) is 34.0. The molecule has 0 spiro atoms. The predicted octanol–water partition coefficient (Wildman–Crippen LogP) is 16.7. The maximum absolute atomic E-state index is 2.42. The van der Waals surface area contributed by atoms with Gasteiger partial charge in [-0.1, -0.05) is 176 Å². The molecule has 62 heavy (non-hydrogen) atoms. The van der Waals surface area contributed by atoms with Crippen molar-refractivity contribution in [2.24, 2.45) is 0 Å². The van der Waals surface area contributed by atoms with Crippen molar-refractivity contribution < 1.29 is 0 Å². The van der Waals surface area contributed by atoms with Gasteiger partial charge in [-0.3, -0.25) is 0 Å². The third kappa shape index (κ3) is 6.12. The Morgan fingerprint density at radius 1 is 0.274 bits per heavy atom. The number of hydrogen-bond acceptors (Lipinski definition) is 1. The van der Waals surface area contributed by atoms with E-state index in [-0.39, 0.29) is 0 Å². The number of aromatic nitrogens is 1. The summed E-state index contributed by atoms with van der Waals surface area (Å²) in [4.78, 5) is 2.40. The number of benzene rings is 11. The number of hydrogen-bond donors (Lipinski definition) is 0. The van der Waals surface area contributed by atoms with Crippen LogP contribution in [0, 0.1) is 0 Å². The first-order valence-corrected chi connectivity index (χ1v) is 21.3. The van der Waals surface area contributed by atoms with Crippen LogP contribution < -0.4 is 4.90 Å².